The summed E-state index contributed by atoms with van der Waals surface area (Å²) < 4.78 is 5.37. The molecule has 6 amide bonds. The lowest BCUT2D eigenvalue weighted by molar-refractivity contribution is -0.140. The van der Waals surface area contributed by atoms with E-state index >= 15 is 0 Å². The number of nitrogens with zero attached hydrogens (tertiary/aromatic N) is 2. The molecule has 0 radical (unpaired) electrons. The Bertz CT molecular complexity index is 747. The summed E-state index contributed by atoms with van der Waals surface area (Å²) in [4.78, 5) is 74.4. The Balaban J connectivity index is 1.49. The second kappa shape index (κ2) is 15.1. The van der Waals surface area contributed by atoms with Crippen molar-refractivity contribution in [3.63, 3.8) is 0 Å². The Morgan fingerprint density at radius 3 is 1.57 bits per heavy atom. The molecule has 2 atom stereocenters. The fraction of sp³-hybridized carbons (Fsp3) is 0.727. The van der Waals surface area contributed by atoms with Crippen molar-refractivity contribution in [2.45, 2.75) is 50.0 Å². The first-order valence-electron chi connectivity index (χ1n) is 11.8. The van der Waals surface area contributed by atoms with Crippen molar-refractivity contribution in [1.82, 2.24) is 20.4 Å². The predicted molar refractivity (Wildman–Crippen MR) is 133 cm³/mol. The lowest BCUT2D eigenvalue weighted by Crippen LogP contribution is -2.37. The van der Waals surface area contributed by atoms with E-state index in [2.05, 4.69) is 10.6 Å². The van der Waals surface area contributed by atoms with Gasteiger partial charge in [-0.1, -0.05) is 13.8 Å². The molecular weight excluding hydrogens is 496 g/mol. The highest BCUT2D eigenvalue weighted by Crippen LogP contribution is 2.25. The van der Waals surface area contributed by atoms with Gasteiger partial charge in [0.25, 0.3) is 0 Å². The van der Waals surface area contributed by atoms with E-state index in [9.17, 15) is 28.8 Å². The molecular formula is C22H34N4O7S2. The molecule has 2 aliphatic heterocycles. The van der Waals surface area contributed by atoms with Crippen molar-refractivity contribution in [3.05, 3.63) is 0 Å². The Kier molecular flexibility index (Phi) is 12.6. The third kappa shape index (κ3) is 9.12. The molecule has 2 aliphatic rings. The minimum absolute atomic E-state index is 0.0386. The largest absolute Gasteiger partial charge is 0.378 e. The van der Waals surface area contributed by atoms with E-state index in [1.54, 1.807) is 0 Å². The number of hydrogen-bond acceptors (Lipinski definition) is 9. The van der Waals surface area contributed by atoms with Gasteiger partial charge in [0.2, 0.25) is 35.4 Å². The van der Waals surface area contributed by atoms with Gasteiger partial charge in [-0.25, -0.2) is 0 Å². The standard InChI is InChI=1S/C22H34N4O7S2/c1-3-34-15-13-19(29)25(21(15)31)9-5-17(27)23-7-11-33-12-8-24-18(28)6-10-26-20(30)14-16(22(26)32)35-4-2/h15-16H,3-14H2,1-2H3,(H,23,27)(H,24,28). The average Bonchev–Trinajstić information content (AvgIpc) is 3.24. The summed E-state index contributed by atoms with van der Waals surface area (Å²) in [6, 6.07) is 0. The Labute approximate surface area is 213 Å². The monoisotopic (exact) mass is 530 g/mol. The number of likely N-dealkylation sites (tertiary alicyclic amines) is 2. The van der Waals surface area contributed by atoms with Gasteiger partial charge in [0.1, 0.15) is 0 Å². The van der Waals surface area contributed by atoms with Crippen molar-refractivity contribution in [1.29, 1.82) is 0 Å². The predicted octanol–water partition coefficient (Wildman–Crippen LogP) is -0.223. The van der Waals surface area contributed by atoms with Gasteiger partial charge in [0.15, 0.2) is 0 Å². The molecule has 2 saturated heterocycles. The Morgan fingerprint density at radius 1 is 0.800 bits per heavy atom. The van der Waals surface area contributed by atoms with Crippen LogP contribution in [0, 0.1) is 0 Å². The van der Waals surface area contributed by atoms with Gasteiger partial charge >= 0.3 is 0 Å². The maximum Gasteiger partial charge on any atom is 0.242 e. The summed E-state index contributed by atoms with van der Waals surface area (Å²) in [6.07, 6.45) is 0.459. The molecule has 2 N–H and O–H groups in total. The molecule has 0 bridgehead atoms. The molecule has 2 fully saturated rings. The van der Waals surface area contributed by atoms with E-state index < -0.39 is 0 Å². The fourth-order valence-electron chi connectivity index (χ4n) is 3.67. The molecule has 0 aliphatic carbocycles. The van der Waals surface area contributed by atoms with Crippen LogP contribution in [-0.2, 0) is 33.5 Å². The number of amides is 6. The van der Waals surface area contributed by atoms with Gasteiger partial charge in [-0.15, -0.1) is 23.5 Å². The normalized spacial score (nSPS) is 20.2. The van der Waals surface area contributed by atoms with Crippen LogP contribution in [0.4, 0.5) is 0 Å². The average molecular weight is 531 g/mol. The van der Waals surface area contributed by atoms with Gasteiger partial charge in [0.05, 0.1) is 23.7 Å². The number of carbonyl (C=O) groups is 6. The Hall–Kier alpha value is -2.12. The zero-order valence-corrected chi connectivity index (χ0v) is 21.8. The van der Waals surface area contributed by atoms with Crippen molar-refractivity contribution in [2.24, 2.45) is 0 Å². The quantitative estimate of drug-likeness (QED) is 0.204. The summed E-state index contributed by atoms with van der Waals surface area (Å²) in [5.74, 6) is 0.0216. The third-order valence-corrected chi connectivity index (χ3v) is 7.61. The molecule has 0 aromatic heterocycles. The maximum absolute atomic E-state index is 12.2. The lowest BCUT2D eigenvalue weighted by atomic mass is 10.3. The zero-order valence-electron chi connectivity index (χ0n) is 20.2. The molecule has 0 saturated carbocycles. The molecule has 35 heavy (non-hydrogen) atoms. The first kappa shape index (κ1) is 29.1. The number of ether oxygens (including phenoxy) is 1. The molecule has 0 aromatic rings. The lowest BCUT2D eigenvalue weighted by Gasteiger charge is -2.15. The topological polar surface area (TPSA) is 142 Å². The minimum Gasteiger partial charge on any atom is -0.378 e. The van der Waals surface area contributed by atoms with E-state index in [-0.39, 0.29) is 111 Å². The second-order valence-electron chi connectivity index (χ2n) is 7.88. The molecule has 13 heteroatoms. The van der Waals surface area contributed by atoms with E-state index in [4.69, 9.17) is 4.74 Å². The van der Waals surface area contributed by atoms with Crippen molar-refractivity contribution < 1.29 is 33.5 Å². The van der Waals surface area contributed by atoms with Crippen LogP contribution in [0.5, 0.6) is 0 Å². The van der Waals surface area contributed by atoms with Crippen LogP contribution in [0.1, 0.15) is 39.5 Å². The fourth-order valence-corrected chi connectivity index (χ4v) is 5.53. The highest BCUT2D eigenvalue weighted by Gasteiger charge is 2.39. The molecule has 11 nitrogen and oxygen atoms in total. The van der Waals surface area contributed by atoms with E-state index in [0.717, 1.165) is 21.3 Å². The van der Waals surface area contributed by atoms with Crippen LogP contribution in [0.15, 0.2) is 0 Å². The van der Waals surface area contributed by atoms with Gasteiger partial charge in [0, 0.05) is 51.9 Å². The summed E-state index contributed by atoms with van der Waals surface area (Å²) in [7, 11) is 0. The number of rotatable bonds is 16. The second-order valence-corrected chi connectivity index (χ2v) is 10.8. The number of hydrogen-bond donors (Lipinski definition) is 2. The van der Waals surface area contributed by atoms with Crippen LogP contribution in [0.25, 0.3) is 0 Å². The molecule has 0 spiro atoms. The number of carbonyl (C=O) groups excluding carboxylic acids is 6. The van der Waals surface area contributed by atoms with Gasteiger partial charge in [-0.2, -0.15) is 0 Å². The number of nitrogens with one attached hydrogen (secondary N) is 2. The molecule has 2 rings (SSSR count). The Morgan fingerprint density at radius 2 is 1.20 bits per heavy atom. The first-order valence-corrected chi connectivity index (χ1v) is 13.9. The molecule has 2 unspecified atom stereocenters. The summed E-state index contributed by atoms with van der Waals surface area (Å²) >= 11 is 2.88. The summed E-state index contributed by atoms with van der Waals surface area (Å²) in [6.45, 7) is 5.01. The van der Waals surface area contributed by atoms with Crippen LogP contribution in [-0.4, -0.2) is 107 Å². The zero-order chi connectivity index (χ0) is 25.8. The SMILES string of the molecule is CCSC1CC(=O)N(CCC(=O)NCCOCCNC(=O)CCN2C(=O)CC(SCC)C2=O)C1=O. The smallest absolute Gasteiger partial charge is 0.242 e. The van der Waals surface area contributed by atoms with Crippen LogP contribution >= 0.6 is 23.5 Å². The van der Waals surface area contributed by atoms with Gasteiger partial charge in [-0.3, -0.25) is 38.6 Å². The number of imide groups is 2. The molecule has 196 valence electrons. The minimum atomic E-state index is -0.341. The van der Waals surface area contributed by atoms with E-state index in [1.165, 1.54) is 23.5 Å². The van der Waals surface area contributed by atoms with Crippen LogP contribution < -0.4 is 10.6 Å². The van der Waals surface area contributed by atoms with Gasteiger partial charge < -0.3 is 15.4 Å². The van der Waals surface area contributed by atoms with Crippen molar-refractivity contribution in [3.8, 4) is 0 Å². The maximum atomic E-state index is 12.2. The van der Waals surface area contributed by atoms with E-state index in [1.807, 2.05) is 13.8 Å². The first-order chi connectivity index (χ1) is 16.8. The van der Waals surface area contributed by atoms with Crippen molar-refractivity contribution >= 4 is 59.0 Å². The number of thioether (sulfide) groups is 2. The molecule has 0 aromatic carbocycles. The highest BCUT2D eigenvalue weighted by atomic mass is 32.2. The third-order valence-electron chi connectivity index (χ3n) is 5.40. The van der Waals surface area contributed by atoms with Crippen molar-refractivity contribution in [2.75, 3.05) is 50.9 Å². The molecule has 2 heterocycles. The van der Waals surface area contributed by atoms with Crippen LogP contribution in [0.3, 0.4) is 0 Å². The van der Waals surface area contributed by atoms with Crippen LogP contribution in [0.2, 0.25) is 0 Å². The summed E-state index contributed by atoms with van der Waals surface area (Å²) in [5, 5.41) is 4.65. The van der Waals surface area contributed by atoms with Gasteiger partial charge in [-0.05, 0) is 11.5 Å². The summed E-state index contributed by atoms with van der Waals surface area (Å²) in [5.41, 5.74) is 0. The van der Waals surface area contributed by atoms with E-state index in [0.29, 0.717) is 0 Å². The highest BCUT2D eigenvalue weighted by molar-refractivity contribution is 8.00.